The summed E-state index contributed by atoms with van der Waals surface area (Å²) in [6, 6.07) is 6.49. The summed E-state index contributed by atoms with van der Waals surface area (Å²) in [5.74, 6) is 1.73. The molecule has 130 valence electrons. The number of likely N-dealkylation sites (tertiary alicyclic amines) is 1. The van der Waals surface area contributed by atoms with Gasteiger partial charge in [-0.1, -0.05) is 11.6 Å². The molecular formula is C17H22ClN3O2S. The summed E-state index contributed by atoms with van der Waals surface area (Å²) in [6.45, 7) is 2.50. The van der Waals surface area contributed by atoms with Crippen molar-refractivity contribution in [3.8, 4) is 0 Å². The van der Waals surface area contributed by atoms with Crippen molar-refractivity contribution >= 4 is 35.2 Å². The van der Waals surface area contributed by atoms with E-state index >= 15 is 0 Å². The molecule has 2 atom stereocenters. The SMILES string of the molecule is CNCC1CCN(C(=O)C2CSCN2C(=O)c2ccc(Cl)cc2)C1. The van der Waals surface area contributed by atoms with Gasteiger partial charge >= 0.3 is 0 Å². The Morgan fingerprint density at radius 3 is 2.79 bits per heavy atom. The van der Waals surface area contributed by atoms with Crippen LogP contribution < -0.4 is 5.32 Å². The third-order valence-corrected chi connectivity index (χ3v) is 5.87. The average molecular weight is 368 g/mol. The summed E-state index contributed by atoms with van der Waals surface area (Å²) >= 11 is 7.52. The van der Waals surface area contributed by atoms with Gasteiger partial charge in [0.1, 0.15) is 6.04 Å². The number of amides is 2. The van der Waals surface area contributed by atoms with Gasteiger partial charge in [0.15, 0.2) is 0 Å². The van der Waals surface area contributed by atoms with Crippen molar-refractivity contribution in [3.63, 3.8) is 0 Å². The van der Waals surface area contributed by atoms with Crippen LogP contribution >= 0.6 is 23.4 Å². The second-order valence-electron chi connectivity index (χ2n) is 6.29. The Balaban J connectivity index is 1.68. The minimum Gasteiger partial charge on any atom is -0.341 e. The molecule has 3 rings (SSSR count). The van der Waals surface area contributed by atoms with Gasteiger partial charge in [0, 0.05) is 29.4 Å². The number of hydrogen-bond donors (Lipinski definition) is 1. The quantitative estimate of drug-likeness (QED) is 0.883. The molecule has 2 heterocycles. The molecule has 0 aliphatic carbocycles. The zero-order chi connectivity index (χ0) is 17.1. The van der Waals surface area contributed by atoms with E-state index in [4.69, 9.17) is 11.6 Å². The van der Waals surface area contributed by atoms with Crippen molar-refractivity contribution in [2.75, 3.05) is 38.3 Å². The lowest BCUT2D eigenvalue weighted by atomic mass is 10.1. The number of benzene rings is 1. The molecule has 2 unspecified atom stereocenters. The molecule has 2 aliphatic heterocycles. The Morgan fingerprint density at radius 2 is 2.08 bits per heavy atom. The van der Waals surface area contributed by atoms with Crippen molar-refractivity contribution < 1.29 is 9.59 Å². The van der Waals surface area contributed by atoms with Crippen LogP contribution in [0.4, 0.5) is 0 Å². The number of nitrogens with zero attached hydrogens (tertiary/aromatic N) is 2. The van der Waals surface area contributed by atoms with Crippen molar-refractivity contribution in [2.45, 2.75) is 12.5 Å². The van der Waals surface area contributed by atoms with Crippen LogP contribution in [0.25, 0.3) is 0 Å². The lowest BCUT2D eigenvalue weighted by Gasteiger charge is -2.27. The Kier molecular flexibility index (Phi) is 5.69. The molecule has 1 aromatic carbocycles. The molecule has 2 amide bonds. The second-order valence-corrected chi connectivity index (χ2v) is 7.73. The fourth-order valence-corrected chi connectivity index (χ4v) is 4.58. The van der Waals surface area contributed by atoms with Gasteiger partial charge in [0.25, 0.3) is 5.91 Å². The zero-order valence-corrected chi connectivity index (χ0v) is 15.3. The normalized spacial score (nSPS) is 23.8. The minimum absolute atomic E-state index is 0.0842. The Hall–Kier alpha value is -1.24. The molecule has 1 aromatic rings. The molecule has 7 heteroatoms. The third kappa shape index (κ3) is 3.71. The lowest BCUT2D eigenvalue weighted by molar-refractivity contribution is -0.133. The molecule has 0 spiro atoms. The predicted octanol–water partition coefficient (Wildman–Crippen LogP) is 1.92. The van der Waals surface area contributed by atoms with Crippen molar-refractivity contribution in [1.29, 1.82) is 0 Å². The fraction of sp³-hybridized carbons (Fsp3) is 0.529. The van der Waals surface area contributed by atoms with E-state index in [1.165, 1.54) is 0 Å². The van der Waals surface area contributed by atoms with Gasteiger partial charge in [0.05, 0.1) is 5.88 Å². The van der Waals surface area contributed by atoms with Crippen molar-refractivity contribution in [3.05, 3.63) is 34.9 Å². The number of carbonyl (C=O) groups is 2. The van der Waals surface area contributed by atoms with Crippen molar-refractivity contribution in [2.24, 2.45) is 5.92 Å². The molecule has 2 saturated heterocycles. The van der Waals surface area contributed by atoms with E-state index in [0.29, 0.717) is 28.1 Å². The van der Waals surface area contributed by atoms with Crippen LogP contribution in [0, 0.1) is 5.92 Å². The lowest BCUT2D eigenvalue weighted by Crippen LogP contribution is -2.48. The summed E-state index contributed by atoms with van der Waals surface area (Å²) in [6.07, 6.45) is 1.03. The standard InChI is InChI=1S/C17H22ClN3O2S/c1-19-8-12-6-7-20(9-12)17(23)15-10-24-11-21(15)16(22)13-2-4-14(18)5-3-13/h2-5,12,15,19H,6-11H2,1H3. The molecule has 24 heavy (non-hydrogen) atoms. The number of carbonyl (C=O) groups excluding carboxylic acids is 2. The van der Waals surface area contributed by atoms with Crippen LogP contribution in [0.2, 0.25) is 5.02 Å². The summed E-state index contributed by atoms with van der Waals surface area (Å²) in [5, 5.41) is 3.77. The maximum atomic E-state index is 12.9. The number of thioether (sulfide) groups is 1. The van der Waals surface area contributed by atoms with Gasteiger partial charge in [-0.3, -0.25) is 9.59 Å². The second kappa shape index (κ2) is 7.76. The fourth-order valence-electron chi connectivity index (χ4n) is 3.30. The first-order valence-corrected chi connectivity index (χ1v) is 9.71. The van der Waals surface area contributed by atoms with E-state index in [2.05, 4.69) is 5.32 Å². The van der Waals surface area contributed by atoms with E-state index in [-0.39, 0.29) is 17.9 Å². The highest BCUT2D eigenvalue weighted by atomic mass is 35.5. The number of halogens is 1. The molecule has 0 saturated carbocycles. The molecule has 2 fully saturated rings. The molecule has 1 N–H and O–H groups in total. The largest absolute Gasteiger partial charge is 0.341 e. The van der Waals surface area contributed by atoms with E-state index in [1.807, 2.05) is 11.9 Å². The Labute approximate surface area is 151 Å². The average Bonchev–Trinajstić information content (AvgIpc) is 3.24. The topological polar surface area (TPSA) is 52.7 Å². The van der Waals surface area contributed by atoms with E-state index < -0.39 is 0 Å². The number of rotatable bonds is 4. The first-order chi connectivity index (χ1) is 11.6. The van der Waals surface area contributed by atoms with Crippen molar-refractivity contribution in [1.82, 2.24) is 15.1 Å². The summed E-state index contributed by atoms with van der Waals surface area (Å²) in [5.41, 5.74) is 0.578. The molecule has 5 nitrogen and oxygen atoms in total. The molecule has 0 aromatic heterocycles. The first-order valence-electron chi connectivity index (χ1n) is 8.18. The van der Waals surface area contributed by atoms with Crippen LogP contribution in [0.1, 0.15) is 16.8 Å². The maximum absolute atomic E-state index is 12.9. The highest BCUT2D eigenvalue weighted by molar-refractivity contribution is 7.99. The van der Waals surface area contributed by atoms with E-state index in [9.17, 15) is 9.59 Å². The summed E-state index contributed by atoms with van der Waals surface area (Å²) < 4.78 is 0. The number of nitrogens with one attached hydrogen (secondary N) is 1. The van der Waals surface area contributed by atoms with Gasteiger partial charge < -0.3 is 15.1 Å². The summed E-state index contributed by atoms with van der Waals surface area (Å²) in [4.78, 5) is 29.2. The third-order valence-electron chi connectivity index (χ3n) is 4.61. The van der Waals surface area contributed by atoms with Crippen LogP contribution in [-0.4, -0.2) is 66.0 Å². The zero-order valence-electron chi connectivity index (χ0n) is 13.7. The minimum atomic E-state index is -0.355. The van der Waals surface area contributed by atoms with Gasteiger partial charge in [-0.05, 0) is 50.2 Å². The van der Waals surface area contributed by atoms with Crippen LogP contribution in [-0.2, 0) is 4.79 Å². The monoisotopic (exact) mass is 367 g/mol. The summed E-state index contributed by atoms with van der Waals surface area (Å²) in [7, 11) is 1.94. The first kappa shape index (κ1) is 17.6. The van der Waals surface area contributed by atoms with Gasteiger partial charge in [0.2, 0.25) is 5.91 Å². The van der Waals surface area contributed by atoms with Crippen LogP contribution in [0.3, 0.4) is 0 Å². The van der Waals surface area contributed by atoms with Crippen LogP contribution in [0.5, 0.6) is 0 Å². The Morgan fingerprint density at radius 1 is 1.33 bits per heavy atom. The van der Waals surface area contributed by atoms with Gasteiger partial charge in [-0.2, -0.15) is 0 Å². The maximum Gasteiger partial charge on any atom is 0.255 e. The predicted molar refractivity (Wildman–Crippen MR) is 97.3 cm³/mol. The number of hydrogen-bond acceptors (Lipinski definition) is 4. The smallest absolute Gasteiger partial charge is 0.255 e. The highest BCUT2D eigenvalue weighted by Gasteiger charge is 2.39. The molecule has 0 bridgehead atoms. The van der Waals surface area contributed by atoms with E-state index in [1.54, 1.807) is 40.9 Å². The van der Waals surface area contributed by atoms with Gasteiger partial charge in [-0.25, -0.2) is 0 Å². The van der Waals surface area contributed by atoms with Crippen LogP contribution in [0.15, 0.2) is 24.3 Å². The highest BCUT2D eigenvalue weighted by Crippen LogP contribution is 2.27. The molecule has 2 aliphatic rings. The van der Waals surface area contributed by atoms with E-state index in [0.717, 1.165) is 26.1 Å². The van der Waals surface area contributed by atoms with Gasteiger partial charge in [-0.15, -0.1) is 11.8 Å². The molecular weight excluding hydrogens is 346 g/mol. The molecule has 0 radical (unpaired) electrons. The Bertz CT molecular complexity index is 610.